The maximum Gasteiger partial charge on any atom is 0.143 e. The van der Waals surface area contributed by atoms with Crippen molar-refractivity contribution in [2.45, 2.75) is 0 Å². The fourth-order valence-electron chi connectivity index (χ4n) is 9.75. The van der Waals surface area contributed by atoms with Crippen LogP contribution in [0.1, 0.15) is 0 Å². The fourth-order valence-corrected chi connectivity index (χ4v) is 9.75. The molecule has 0 aliphatic rings. The second-order valence-corrected chi connectivity index (χ2v) is 16.0. The highest BCUT2D eigenvalue weighted by Gasteiger charge is 2.23. The van der Waals surface area contributed by atoms with Gasteiger partial charge in [0.2, 0.25) is 0 Å². The van der Waals surface area contributed by atoms with E-state index in [0.29, 0.717) is 0 Å². The van der Waals surface area contributed by atoms with Crippen molar-refractivity contribution in [3.8, 4) is 27.9 Å². The largest absolute Gasteiger partial charge is 0.455 e. The number of aromatic nitrogens is 1. The highest BCUT2D eigenvalue weighted by molar-refractivity contribution is 6.14. The van der Waals surface area contributed by atoms with Crippen LogP contribution in [0.5, 0.6) is 0 Å². The van der Waals surface area contributed by atoms with Gasteiger partial charge in [0.25, 0.3) is 0 Å². The van der Waals surface area contributed by atoms with Crippen LogP contribution in [0.2, 0.25) is 0 Å². The van der Waals surface area contributed by atoms with Crippen molar-refractivity contribution in [3.05, 3.63) is 218 Å². The Balaban J connectivity index is 1.05. The van der Waals surface area contributed by atoms with Gasteiger partial charge in [-0.05, 0) is 83.1 Å². The minimum absolute atomic E-state index is 0.857. The Bertz CT molecular complexity index is 3830. The summed E-state index contributed by atoms with van der Waals surface area (Å²) in [4.78, 5) is 2.38. The van der Waals surface area contributed by atoms with Gasteiger partial charge in [-0.1, -0.05) is 152 Å². The minimum atomic E-state index is 0.857. The van der Waals surface area contributed by atoms with E-state index in [1.165, 1.54) is 21.5 Å². The van der Waals surface area contributed by atoms with Gasteiger partial charge in [-0.15, -0.1) is 0 Å². The summed E-state index contributed by atoms with van der Waals surface area (Å²) in [6.45, 7) is 0. The van der Waals surface area contributed by atoms with Crippen LogP contribution in [0.4, 0.5) is 17.1 Å². The Morgan fingerprint density at radius 2 is 0.871 bits per heavy atom. The maximum atomic E-state index is 6.87. The van der Waals surface area contributed by atoms with E-state index in [0.717, 1.165) is 99.9 Å². The zero-order valence-electron chi connectivity index (χ0n) is 33.5. The first-order valence-corrected chi connectivity index (χ1v) is 21.1. The van der Waals surface area contributed by atoms with Crippen molar-refractivity contribution in [2.24, 2.45) is 0 Å². The molecule has 0 N–H and O–H groups in total. The van der Waals surface area contributed by atoms with Crippen LogP contribution in [0.25, 0.3) is 104 Å². The van der Waals surface area contributed by atoms with Crippen molar-refractivity contribution >= 4 is 93.5 Å². The van der Waals surface area contributed by atoms with Crippen LogP contribution >= 0.6 is 0 Å². The van der Waals surface area contributed by atoms with Gasteiger partial charge >= 0.3 is 0 Å². The van der Waals surface area contributed by atoms with E-state index in [1.807, 2.05) is 18.2 Å². The normalized spacial score (nSPS) is 11.9. The van der Waals surface area contributed by atoms with E-state index < -0.39 is 0 Å². The van der Waals surface area contributed by atoms with E-state index in [1.54, 1.807) is 0 Å². The molecule has 0 amide bonds. The van der Waals surface area contributed by atoms with Crippen LogP contribution < -0.4 is 4.90 Å². The molecular formula is C58H36N2O2. The third-order valence-corrected chi connectivity index (χ3v) is 12.6. The molecule has 13 rings (SSSR count). The molecule has 3 heterocycles. The first-order chi connectivity index (χ1) is 30.7. The van der Waals surface area contributed by atoms with Crippen molar-refractivity contribution in [2.75, 3.05) is 4.90 Å². The lowest BCUT2D eigenvalue weighted by Gasteiger charge is -2.27. The smallest absolute Gasteiger partial charge is 0.143 e. The van der Waals surface area contributed by atoms with Gasteiger partial charge in [-0.3, -0.25) is 0 Å². The third-order valence-electron chi connectivity index (χ3n) is 12.6. The predicted octanol–water partition coefficient (Wildman–Crippen LogP) is 16.5. The Kier molecular flexibility index (Phi) is 7.57. The molecule has 0 saturated carbocycles. The van der Waals surface area contributed by atoms with Gasteiger partial charge in [-0.2, -0.15) is 0 Å². The van der Waals surface area contributed by atoms with Gasteiger partial charge in [0.15, 0.2) is 0 Å². The number of para-hydroxylation sites is 6. The summed E-state index contributed by atoms with van der Waals surface area (Å²) in [6, 6.07) is 78.0. The molecule has 10 aromatic carbocycles. The van der Waals surface area contributed by atoms with Crippen LogP contribution in [0.15, 0.2) is 227 Å². The highest BCUT2D eigenvalue weighted by Crippen LogP contribution is 2.46. The zero-order valence-corrected chi connectivity index (χ0v) is 33.5. The Morgan fingerprint density at radius 3 is 1.61 bits per heavy atom. The lowest BCUT2D eigenvalue weighted by molar-refractivity contribution is 0.669. The van der Waals surface area contributed by atoms with Gasteiger partial charge in [0.1, 0.15) is 22.3 Å². The number of furan rings is 2. The van der Waals surface area contributed by atoms with Crippen molar-refractivity contribution in [1.82, 2.24) is 4.57 Å². The number of rotatable bonds is 6. The molecule has 4 heteroatoms. The van der Waals surface area contributed by atoms with E-state index in [9.17, 15) is 0 Å². The molecule has 0 fully saturated rings. The summed E-state index contributed by atoms with van der Waals surface area (Å²) in [7, 11) is 0. The lowest BCUT2D eigenvalue weighted by atomic mass is 9.98. The van der Waals surface area contributed by atoms with Crippen LogP contribution in [0, 0.1) is 0 Å². The van der Waals surface area contributed by atoms with E-state index in [-0.39, 0.29) is 0 Å². The highest BCUT2D eigenvalue weighted by atomic mass is 16.3. The second-order valence-electron chi connectivity index (χ2n) is 16.0. The summed E-state index contributed by atoms with van der Waals surface area (Å²) in [5, 5.41) is 9.20. The number of fused-ring (bicyclic) bond motifs is 10. The van der Waals surface area contributed by atoms with Crippen LogP contribution in [0.3, 0.4) is 0 Å². The average molecular weight is 793 g/mol. The van der Waals surface area contributed by atoms with Crippen LogP contribution in [-0.4, -0.2) is 4.57 Å². The van der Waals surface area contributed by atoms with Gasteiger partial charge < -0.3 is 18.3 Å². The molecule has 13 aromatic rings. The Hall–Kier alpha value is -8.34. The lowest BCUT2D eigenvalue weighted by Crippen LogP contribution is -2.10. The third kappa shape index (κ3) is 5.27. The van der Waals surface area contributed by atoms with E-state index in [2.05, 4.69) is 210 Å². The molecule has 0 aliphatic heterocycles. The van der Waals surface area contributed by atoms with Crippen LogP contribution in [-0.2, 0) is 0 Å². The Labute approximate surface area is 356 Å². The molecule has 0 atom stereocenters. The quantitative estimate of drug-likeness (QED) is 0.168. The average Bonchev–Trinajstić information content (AvgIpc) is 4.02. The van der Waals surface area contributed by atoms with Crippen molar-refractivity contribution in [3.63, 3.8) is 0 Å². The number of hydrogen-bond donors (Lipinski definition) is 0. The Morgan fingerprint density at radius 1 is 0.323 bits per heavy atom. The molecular weight excluding hydrogens is 757 g/mol. The molecule has 4 nitrogen and oxygen atoms in total. The molecule has 0 unspecified atom stereocenters. The predicted molar refractivity (Wildman–Crippen MR) is 258 cm³/mol. The molecule has 3 aromatic heterocycles. The minimum Gasteiger partial charge on any atom is -0.455 e. The second kappa shape index (κ2) is 13.6. The van der Waals surface area contributed by atoms with Gasteiger partial charge in [0.05, 0.1) is 16.7 Å². The van der Waals surface area contributed by atoms with Gasteiger partial charge in [0, 0.05) is 66.1 Å². The number of benzene rings is 10. The van der Waals surface area contributed by atoms with Crippen molar-refractivity contribution < 1.29 is 8.83 Å². The molecule has 0 radical (unpaired) electrons. The standard InChI is InChI=1S/C58H36N2O2/c1-2-15-39-34-41(33-28-37(39)14-1)59(40-31-29-38(30-32-40)43-21-13-22-49-47-19-6-11-26-55(47)61-57(43)49)42-35-50(58-51(36-42)48-20-7-12-27-56(48)62-58)46-18-5-10-25-54(46)60-52-23-8-3-16-44(52)45-17-4-9-24-53(45)60/h1-36H. The number of hydrogen-bond acceptors (Lipinski definition) is 3. The summed E-state index contributed by atoms with van der Waals surface area (Å²) >= 11 is 0. The monoisotopic (exact) mass is 792 g/mol. The van der Waals surface area contributed by atoms with E-state index in [4.69, 9.17) is 8.83 Å². The van der Waals surface area contributed by atoms with E-state index >= 15 is 0 Å². The molecule has 290 valence electrons. The molecule has 62 heavy (non-hydrogen) atoms. The summed E-state index contributed by atoms with van der Waals surface area (Å²) in [5.41, 5.74) is 14.3. The number of nitrogens with zero attached hydrogens (tertiary/aromatic N) is 2. The van der Waals surface area contributed by atoms with Gasteiger partial charge in [-0.25, -0.2) is 0 Å². The number of anilines is 3. The van der Waals surface area contributed by atoms with Crippen molar-refractivity contribution in [1.29, 1.82) is 0 Å². The molecule has 0 saturated heterocycles. The molecule has 0 aliphatic carbocycles. The topological polar surface area (TPSA) is 34.5 Å². The molecule has 0 bridgehead atoms. The maximum absolute atomic E-state index is 6.87. The summed E-state index contributed by atoms with van der Waals surface area (Å²) < 4.78 is 15.8. The first-order valence-electron chi connectivity index (χ1n) is 21.1. The summed E-state index contributed by atoms with van der Waals surface area (Å²) in [6.07, 6.45) is 0. The SMILES string of the molecule is c1ccc(-n2c3ccccc3c3ccccc32)c(-c2cc(N(c3ccc(-c4cccc5c4oc4ccccc45)cc3)c3ccc4ccccc4c3)cc3c2oc2ccccc23)c1. The fraction of sp³-hybridized carbons (Fsp3) is 0. The zero-order chi connectivity index (χ0) is 40.7. The molecule has 0 spiro atoms. The summed E-state index contributed by atoms with van der Waals surface area (Å²) in [5.74, 6) is 0. The first kappa shape index (κ1) is 34.5.